The van der Waals surface area contributed by atoms with Crippen LogP contribution < -0.4 is 10.6 Å². The second-order valence-electron chi connectivity index (χ2n) is 8.45. The van der Waals surface area contributed by atoms with Gasteiger partial charge in [-0.3, -0.25) is 4.99 Å². The Balaban J connectivity index is 2.64. The summed E-state index contributed by atoms with van der Waals surface area (Å²) >= 11 is 0. The molecule has 0 aromatic rings. The van der Waals surface area contributed by atoms with Crippen LogP contribution in [0.3, 0.4) is 0 Å². The second-order valence-corrected chi connectivity index (χ2v) is 8.45. The highest BCUT2D eigenvalue weighted by Crippen LogP contribution is 2.14. The highest BCUT2D eigenvalue weighted by Gasteiger charge is 2.28. The summed E-state index contributed by atoms with van der Waals surface area (Å²) in [5.74, 6) is 0.908. The Morgan fingerprint density at radius 3 is 2.44 bits per heavy atom. The molecule has 2 N–H and O–H groups in total. The molecular formula is C18H37N5O2. The van der Waals surface area contributed by atoms with Crippen LogP contribution in [-0.2, 0) is 4.74 Å². The average molecular weight is 356 g/mol. The molecule has 0 saturated carbocycles. The lowest BCUT2D eigenvalue weighted by molar-refractivity contribution is 0.0507. The van der Waals surface area contributed by atoms with E-state index in [2.05, 4.69) is 55.3 Å². The quantitative estimate of drug-likeness (QED) is 0.582. The lowest BCUT2D eigenvalue weighted by Crippen LogP contribution is -2.46. The largest absolute Gasteiger partial charge is 0.444 e. The SMILES string of the molecule is CCNC(=NCC(C)(C)N(C)C)N1CCC(NC(=O)OC(C)(C)C)C1. The lowest BCUT2D eigenvalue weighted by atomic mass is 10.1. The number of guanidine groups is 1. The van der Waals surface area contributed by atoms with Crippen LogP contribution in [0.5, 0.6) is 0 Å². The van der Waals surface area contributed by atoms with Gasteiger partial charge in [-0.05, 0) is 62.1 Å². The van der Waals surface area contributed by atoms with Gasteiger partial charge in [-0.15, -0.1) is 0 Å². The van der Waals surface area contributed by atoms with Gasteiger partial charge in [-0.25, -0.2) is 4.79 Å². The summed E-state index contributed by atoms with van der Waals surface area (Å²) in [6.07, 6.45) is 0.538. The lowest BCUT2D eigenvalue weighted by Gasteiger charge is -2.32. The maximum absolute atomic E-state index is 11.9. The predicted molar refractivity (Wildman–Crippen MR) is 103 cm³/mol. The van der Waals surface area contributed by atoms with Crippen molar-refractivity contribution in [3.63, 3.8) is 0 Å². The smallest absolute Gasteiger partial charge is 0.407 e. The van der Waals surface area contributed by atoms with Gasteiger partial charge in [-0.1, -0.05) is 0 Å². The van der Waals surface area contributed by atoms with E-state index in [4.69, 9.17) is 9.73 Å². The molecule has 1 aliphatic heterocycles. The fourth-order valence-electron chi connectivity index (χ4n) is 2.38. The van der Waals surface area contributed by atoms with Crippen molar-refractivity contribution in [3.05, 3.63) is 0 Å². The van der Waals surface area contributed by atoms with E-state index in [0.717, 1.165) is 32.0 Å². The number of carbonyl (C=O) groups excluding carboxylic acids is 1. The molecule has 1 unspecified atom stereocenters. The first kappa shape index (κ1) is 21.5. The molecular weight excluding hydrogens is 318 g/mol. The van der Waals surface area contributed by atoms with E-state index in [1.165, 1.54) is 0 Å². The highest BCUT2D eigenvalue weighted by molar-refractivity contribution is 5.80. The molecule has 25 heavy (non-hydrogen) atoms. The summed E-state index contributed by atoms with van der Waals surface area (Å²) in [6, 6.07) is 0.0839. The summed E-state index contributed by atoms with van der Waals surface area (Å²) in [7, 11) is 4.14. The molecule has 0 aromatic heterocycles. The molecule has 1 rings (SSSR count). The minimum Gasteiger partial charge on any atom is -0.444 e. The van der Waals surface area contributed by atoms with Crippen LogP contribution in [0.15, 0.2) is 4.99 Å². The molecule has 1 fully saturated rings. The summed E-state index contributed by atoms with van der Waals surface area (Å²) in [4.78, 5) is 21.1. The molecule has 7 heteroatoms. The third-order valence-electron chi connectivity index (χ3n) is 4.37. The number of likely N-dealkylation sites (N-methyl/N-ethyl adjacent to an activating group) is 1. The van der Waals surface area contributed by atoms with E-state index in [-0.39, 0.29) is 17.7 Å². The number of hydrogen-bond acceptors (Lipinski definition) is 4. The number of nitrogens with zero attached hydrogens (tertiary/aromatic N) is 3. The van der Waals surface area contributed by atoms with Crippen molar-refractivity contribution in [2.24, 2.45) is 4.99 Å². The molecule has 146 valence electrons. The Hall–Kier alpha value is -1.50. The van der Waals surface area contributed by atoms with Crippen molar-refractivity contribution in [1.82, 2.24) is 20.4 Å². The number of carbonyl (C=O) groups is 1. The molecule has 1 atom stereocenters. The normalized spacial score (nSPS) is 19.3. The van der Waals surface area contributed by atoms with Crippen molar-refractivity contribution >= 4 is 12.1 Å². The Kier molecular flexibility index (Phi) is 7.53. The fraction of sp³-hybridized carbons (Fsp3) is 0.889. The molecule has 1 saturated heterocycles. The van der Waals surface area contributed by atoms with Crippen LogP contribution >= 0.6 is 0 Å². The number of amides is 1. The van der Waals surface area contributed by atoms with E-state index < -0.39 is 5.60 Å². The van der Waals surface area contributed by atoms with Crippen LogP contribution in [0.1, 0.15) is 48.0 Å². The maximum Gasteiger partial charge on any atom is 0.407 e. The van der Waals surface area contributed by atoms with E-state index in [0.29, 0.717) is 6.54 Å². The molecule has 0 radical (unpaired) electrons. The monoisotopic (exact) mass is 355 g/mol. The van der Waals surface area contributed by atoms with Crippen LogP contribution in [0, 0.1) is 0 Å². The van der Waals surface area contributed by atoms with Gasteiger partial charge in [0.2, 0.25) is 0 Å². The van der Waals surface area contributed by atoms with Crippen LogP contribution in [-0.4, -0.2) is 79.3 Å². The van der Waals surface area contributed by atoms with Gasteiger partial charge in [0, 0.05) is 25.2 Å². The Labute approximate surface area is 153 Å². The first-order chi connectivity index (χ1) is 11.4. The molecule has 0 aromatic carbocycles. The molecule has 1 amide bonds. The first-order valence-electron chi connectivity index (χ1n) is 9.15. The zero-order valence-corrected chi connectivity index (χ0v) is 17.3. The average Bonchev–Trinajstić information content (AvgIpc) is 2.89. The zero-order valence-electron chi connectivity index (χ0n) is 17.3. The minimum atomic E-state index is -0.476. The minimum absolute atomic E-state index is 0.00540. The number of rotatable bonds is 5. The van der Waals surface area contributed by atoms with Gasteiger partial charge >= 0.3 is 6.09 Å². The van der Waals surface area contributed by atoms with Crippen molar-refractivity contribution in [2.75, 3.05) is 40.3 Å². The molecule has 0 spiro atoms. The second kappa shape index (κ2) is 8.74. The molecule has 1 aliphatic rings. The summed E-state index contributed by atoms with van der Waals surface area (Å²) in [5.41, 5.74) is -0.481. The molecule has 1 heterocycles. The number of hydrogen-bond donors (Lipinski definition) is 2. The summed E-state index contributed by atoms with van der Waals surface area (Å²) < 4.78 is 5.34. The van der Waals surface area contributed by atoms with Gasteiger partial charge in [0.05, 0.1) is 12.6 Å². The molecule has 7 nitrogen and oxygen atoms in total. The summed E-state index contributed by atoms with van der Waals surface area (Å²) in [6.45, 7) is 15.2. The van der Waals surface area contributed by atoms with Gasteiger partial charge < -0.3 is 25.2 Å². The van der Waals surface area contributed by atoms with E-state index in [1.807, 2.05) is 20.8 Å². The van der Waals surface area contributed by atoms with Crippen molar-refractivity contribution in [3.8, 4) is 0 Å². The van der Waals surface area contributed by atoms with Crippen molar-refractivity contribution in [2.45, 2.75) is 65.1 Å². The Morgan fingerprint density at radius 2 is 1.92 bits per heavy atom. The van der Waals surface area contributed by atoms with Crippen molar-refractivity contribution < 1.29 is 9.53 Å². The van der Waals surface area contributed by atoms with Gasteiger partial charge in [0.1, 0.15) is 5.60 Å². The molecule has 0 aliphatic carbocycles. The third-order valence-corrected chi connectivity index (χ3v) is 4.37. The Morgan fingerprint density at radius 1 is 1.28 bits per heavy atom. The van der Waals surface area contributed by atoms with Gasteiger partial charge in [0.25, 0.3) is 0 Å². The van der Waals surface area contributed by atoms with E-state index in [9.17, 15) is 4.79 Å². The van der Waals surface area contributed by atoms with Crippen LogP contribution in [0.25, 0.3) is 0 Å². The summed E-state index contributed by atoms with van der Waals surface area (Å²) in [5, 5.41) is 6.32. The topological polar surface area (TPSA) is 69.2 Å². The van der Waals surface area contributed by atoms with E-state index >= 15 is 0 Å². The van der Waals surface area contributed by atoms with E-state index in [1.54, 1.807) is 0 Å². The number of ether oxygens (including phenoxy) is 1. The first-order valence-corrected chi connectivity index (χ1v) is 9.15. The Bertz CT molecular complexity index is 469. The number of alkyl carbamates (subject to hydrolysis) is 1. The molecule has 0 bridgehead atoms. The predicted octanol–water partition coefficient (Wildman–Crippen LogP) is 1.89. The van der Waals surface area contributed by atoms with Crippen molar-refractivity contribution in [1.29, 1.82) is 0 Å². The highest BCUT2D eigenvalue weighted by atomic mass is 16.6. The zero-order chi connectivity index (χ0) is 19.3. The van der Waals surface area contributed by atoms with Crippen LogP contribution in [0.2, 0.25) is 0 Å². The van der Waals surface area contributed by atoms with Gasteiger partial charge in [0.15, 0.2) is 5.96 Å². The van der Waals surface area contributed by atoms with Gasteiger partial charge in [-0.2, -0.15) is 0 Å². The number of likely N-dealkylation sites (tertiary alicyclic amines) is 1. The fourth-order valence-corrected chi connectivity index (χ4v) is 2.38. The standard InChI is InChI=1S/C18H37N5O2/c1-9-19-15(20-13-18(5,6)22(7)8)23-11-10-14(12-23)21-16(24)25-17(2,3)4/h14H,9-13H2,1-8H3,(H,19,20)(H,21,24). The number of aliphatic imine (C=N–C) groups is 1. The van der Waals surface area contributed by atoms with Crippen LogP contribution in [0.4, 0.5) is 4.79 Å². The number of nitrogens with one attached hydrogen (secondary N) is 2. The third kappa shape index (κ3) is 7.50. The maximum atomic E-state index is 11.9.